The molecular weight excluding hydrogens is 288 g/mol. The first-order valence-electron chi connectivity index (χ1n) is 6.98. The zero-order chi connectivity index (χ0) is 16.2. The molecule has 3 N–H and O–H groups in total. The van der Waals surface area contributed by atoms with Gasteiger partial charge < -0.3 is 15.7 Å². The Morgan fingerprint density at radius 2 is 2.00 bits per heavy atom. The number of carboxylic acid groups (broad SMARTS) is 1. The van der Waals surface area contributed by atoms with Crippen molar-refractivity contribution in [2.24, 2.45) is 0 Å². The number of aliphatic carboxylic acids is 1. The minimum atomic E-state index is -0.858. The summed E-state index contributed by atoms with van der Waals surface area (Å²) in [6.07, 6.45) is 0.423. The maximum atomic E-state index is 12.0. The van der Waals surface area contributed by atoms with Gasteiger partial charge in [-0.3, -0.25) is 4.79 Å². The summed E-state index contributed by atoms with van der Waals surface area (Å²) in [6.45, 7) is 9.67. The molecule has 0 aromatic carbocycles. The molecule has 2 amide bonds. The van der Waals surface area contributed by atoms with E-state index in [4.69, 9.17) is 5.11 Å². The van der Waals surface area contributed by atoms with Crippen LogP contribution in [0.15, 0.2) is 6.07 Å². The average molecular weight is 312 g/mol. The third-order valence-corrected chi connectivity index (χ3v) is 4.29. The van der Waals surface area contributed by atoms with Crippen molar-refractivity contribution < 1.29 is 14.7 Å². The average Bonchev–Trinajstić information content (AvgIpc) is 2.65. The third kappa shape index (κ3) is 5.75. The molecule has 1 rings (SSSR count). The van der Waals surface area contributed by atoms with E-state index in [9.17, 15) is 9.59 Å². The van der Waals surface area contributed by atoms with Crippen LogP contribution in [0.3, 0.4) is 0 Å². The number of nitrogens with one attached hydrogen (secondary N) is 2. The number of hydrogen-bond acceptors (Lipinski definition) is 3. The molecule has 118 valence electrons. The van der Waals surface area contributed by atoms with Crippen LogP contribution < -0.4 is 10.6 Å². The van der Waals surface area contributed by atoms with Gasteiger partial charge in [0.2, 0.25) is 0 Å². The van der Waals surface area contributed by atoms with Crippen LogP contribution in [0.25, 0.3) is 0 Å². The predicted molar refractivity (Wildman–Crippen MR) is 84.8 cm³/mol. The number of urea groups is 1. The van der Waals surface area contributed by atoms with Gasteiger partial charge >= 0.3 is 12.0 Å². The molecule has 0 bridgehead atoms. The van der Waals surface area contributed by atoms with E-state index in [2.05, 4.69) is 16.7 Å². The maximum Gasteiger partial charge on any atom is 0.315 e. The van der Waals surface area contributed by atoms with E-state index in [-0.39, 0.29) is 18.5 Å². The van der Waals surface area contributed by atoms with E-state index in [0.717, 1.165) is 5.56 Å². The lowest BCUT2D eigenvalue weighted by Crippen LogP contribution is -2.49. The van der Waals surface area contributed by atoms with Gasteiger partial charge in [0.15, 0.2) is 0 Å². The van der Waals surface area contributed by atoms with Crippen LogP contribution in [-0.2, 0) is 4.79 Å². The Bertz CT molecular complexity index is 523. The highest BCUT2D eigenvalue weighted by atomic mass is 32.1. The first kappa shape index (κ1) is 17.5. The van der Waals surface area contributed by atoms with Crippen LogP contribution >= 0.6 is 11.3 Å². The highest BCUT2D eigenvalue weighted by Crippen LogP contribution is 2.26. The second kappa shape index (κ2) is 6.93. The first-order valence-corrected chi connectivity index (χ1v) is 7.80. The Hall–Kier alpha value is -1.56. The van der Waals surface area contributed by atoms with Crippen molar-refractivity contribution in [3.05, 3.63) is 21.4 Å². The fraction of sp³-hybridized carbons (Fsp3) is 0.600. The molecule has 0 aliphatic carbocycles. The smallest absolute Gasteiger partial charge is 0.315 e. The lowest BCUT2D eigenvalue weighted by atomic mass is 9.99. The SMILES string of the molecule is Cc1cc(C(C)NC(=O)NC(C)(C)CCC(=O)O)c(C)s1. The van der Waals surface area contributed by atoms with Gasteiger partial charge in [-0.15, -0.1) is 11.3 Å². The summed E-state index contributed by atoms with van der Waals surface area (Å²) in [6, 6.07) is 1.73. The number of amides is 2. The van der Waals surface area contributed by atoms with Crippen LogP contribution in [0.5, 0.6) is 0 Å². The number of aryl methyl sites for hydroxylation is 2. The fourth-order valence-electron chi connectivity index (χ4n) is 2.18. The predicted octanol–water partition coefficient (Wildman–Crippen LogP) is 3.37. The minimum Gasteiger partial charge on any atom is -0.481 e. The second-order valence-corrected chi connectivity index (χ2v) is 7.43. The van der Waals surface area contributed by atoms with Crippen molar-refractivity contribution in [1.82, 2.24) is 10.6 Å². The zero-order valence-corrected chi connectivity index (χ0v) is 14.1. The van der Waals surface area contributed by atoms with Crippen LogP contribution in [-0.4, -0.2) is 22.6 Å². The molecule has 0 saturated heterocycles. The number of carboxylic acids is 1. The second-order valence-electron chi connectivity index (χ2n) is 5.97. The Kier molecular flexibility index (Phi) is 5.78. The normalized spacial score (nSPS) is 12.8. The summed E-state index contributed by atoms with van der Waals surface area (Å²) >= 11 is 1.71. The lowest BCUT2D eigenvalue weighted by molar-refractivity contribution is -0.137. The minimum absolute atomic E-state index is 0.0334. The molecule has 1 atom stereocenters. The van der Waals surface area contributed by atoms with E-state index in [1.54, 1.807) is 11.3 Å². The van der Waals surface area contributed by atoms with Crippen molar-refractivity contribution in [2.75, 3.05) is 0 Å². The van der Waals surface area contributed by atoms with Gasteiger partial charge in [-0.25, -0.2) is 4.79 Å². The van der Waals surface area contributed by atoms with Crippen molar-refractivity contribution in [3.8, 4) is 0 Å². The Labute approximate surface area is 129 Å². The highest BCUT2D eigenvalue weighted by molar-refractivity contribution is 7.12. The van der Waals surface area contributed by atoms with Crippen molar-refractivity contribution in [3.63, 3.8) is 0 Å². The summed E-state index contributed by atoms with van der Waals surface area (Å²) in [4.78, 5) is 25.1. The summed E-state index contributed by atoms with van der Waals surface area (Å²) in [5.41, 5.74) is 0.568. The molecule has 1 aromatic heterocycles. The van der Waals surface area contributed by atoms with Crippen molar-refractivity contribution in [2.45, 2.75) is 59.0 Å². The lowest BCUT2D eigenvalue weighted by Gasteiger charge is -2.27. The Morgan fingerprint density at radius 3 is 2.48 bits per heavy atom. The Morgan fingerprint density at radius 1 is 1.38 bits per heavy atom. The zero-order valence-electron chi connectivity index (χ0n) is 13.2. The topological polar surface area (TPSA) is 78.4 Å². The quantitative estimate of drug-likeness (QED) is 0.753. The Balaban J connectivity index is 2.56. The number of rotatable bonds is 6. The maximum absolute atomic E-state index is 12.0. The molecule has 0 fully saturated rings. The van der Waals surface area contributed by atoms with E-state index < -0.39 is 11.5 Å². The van der Waals surface area contributed by atoms with Crippen LogP contribution in [0.2, 0.25) is 0 Å². The molecule has 1 heterocycles. The largest absolute Gasteiger partial charge is 0.481 e. The molecule has 0 spiro atoms. The molecule has 1 aromatic rings. The molecule has 0 radical (unpaired) electrons. The van der Waals surface area contributed by atoms with E-state index in [0.29, 0.717) is 6.42 Å². The molecule has 5 nitrogen and oxygen atoms in total. The third-order valence-electron chi connectivity index (χ3n) is 3.31. The summed E-state index contributed by atoms with van der Waals surface area (Å²) < 4.78 is 0. The van der Waals surface area contributed by atoms with Gasteiger partial charge in [0.25, 0.3) is 0 Å². The highest BCUT2D eigenvalue weighted by Gasteiger charge is 2.23. The first-order chi connectivity index (χ1) is 9.60. The van der Waals surface area contributed by atoms with Crippen molar-refractivity contribution in [1.29, 1.82) is 0 Å². The molecule has 0 aliphatic rings. The molecule has 6 heteroatoms. The summed E-state index contributed by atoms with van der Waals surface area (Å²) in [5, 5.41) is 14.4. The van der Waals surface area contributed by atoms with Crippen LogP contribution in [0.1, 0.15) is 55.0 Å². The number of hydrogen-bond donors (Lipinski definition) is 3. The van der Waals surface area contributed by atoms with Crippen LogP contribution in [0.4, 0.5) is 4.79 Å². The number of carbonyl (C=O) groups is 2. The number of carbonyl (C=O) groups excluding carboxylic acids is 1. The van der Waals surface area contributed by atoms with Crippen LogP contribution in [0, 0.1) is 13.8 Å². The fourth-order valence-corrected chi connectivity index (χ4v) is 3.20. The molecule has 21 heavy (non-hydrogen) atoms. The van der Waals surface area contributed by atoms with Gasteiger partial charge in [-0.2, -0.15) is 0 Å². The standard InChI is InChI=1S/C15H24N2O3S/c1-9-8-12(11(3)21-9)10(2)16-14(20)17-15(4,5)7-6-13(18)19/h8,10H,6-7H2,1-5H3,(H,18,19)(H2,16,17,20). The molecule has 1 unspecified atom stereocenters. The van der Waals surface area contributed by atoms with Gasteiger partial charge in [-0.05, 0) is 52.7 Å². The monoisotopic (exact) mass is 312 g/mol. The summed E-state index contributed by atoms with van der Waals surface area (Å²) in [5.74, 6) is -0.858. The van der Waals surface area contributed by atoms with Gasteiger partial charge in [-0.1, -0.05) is 0 Å². The van der Waals surface area contributed by atoms with Gasteiger partial charge in [0.05, 0.1) is 6.04 Å². The van der Waals surface area contributed by atoms with Crippen molar-refractivity contribution >= 4 is 23.3 Å². The van der Waals surface area contributed by atoms with E-state index in [1.807, 2.05) is 34.6 Å². The van der Waals surface area contributed by atoms with E-state index in [1.165, 1.54) is 9.75 Å². The molecular formula is C15H24N2O3S. The molecule has 0 saturated carbocycles. The van der Waals surface area contributed by atoms with Gasteiger partial charge in [0, 0.05) is 21.7 Å². The summed E-state index contributed by atoms with van der Waals surface area (Å²) in [7, 11) is 0. The number of thiophene rings is 1. The molecule has 0 aliphatic heterocycles. The van der Waals surface area contributed by atoms with E-state index >= 15 is 0 Å². The van der Waals surface area contributed by atoms with Gasteiger partial charge in [0.1, 0.15) is 0 Å².